The Hall–Kier alpha value is -2.79. The van der Waals surface area contributed by atoms with Gasteiger partial charge in [-0.05, 0) is 25.7 Å². The molecule has 1 amide bonds. The third-order valence-electron chi connectivity index (χ3n) is 3.92. The van der Waals surface area contributed by atoms with E-state index in [1.54, 1.807) is 6.07 Å². The number of hydrogen-bond acceptors (Lipinski definition) is 7. The second-order valence-corrected chi connectivity index (χ2v) is 6.05. The topological polar surface area (TPSA) is 114 Å². The summed E-state index contributed by atoms with van der Waals surface area (Å²) in [4.78, 5) is 19.9. The molecule has 2 aromatic rings. The van der Waals surface area contributed by atoms with Gasteiger partial charge in [-0.2, -0.15) is 10.4 Å². The Labute approximate surface area is 149 Å². The Bertz CT molecular complexity index is 787. The maximum atomic E-state index is 12.0. The molecule has 0 aromatic carbocycles. The zero-order valence-corrected chi connectivity index (χ0v) is 14.0. The number of nitrogens with one attached hydrogen (secondary N) is 1. The molecule has 9 heteroatoms. The molecule has 2 aromatic heterocycles. The largest absolute Gasteiger partial charge is 0.489 e. The van der Waals surface area contributed by atoms with Crippen molar-refractivity contribution in [1.82, 2.24) is 25.5 Å². The lowest BCUT2D eigenvalue weighted by Gasteiger charge is -2.29. The Kier molecular flexibility index (Phi) is 5.36. The van der Waals surface area contributed by atoms with Gasteiger partial charge in [0.2, 0.25) is 5.82 Å². The Balaban J connectivity index is 1.50. The van der Waals surface area contributed by atoms with E-state index in [1.807, 2.05) is 6.07 Å². The van der Waals surface area contributed by atoms with Gasteiger partial charge in [0.15, 0.2) is 5.69 Å². The second-order valence-electron chi connectivity index (χ2n) is 5.64. The average Bonchev–Trinajstić information content (AvgIpc) is 2.64. The van der Waals surface area contributed by atoms with Crippen LogP contribution in [0.2, 0.25) is 5.02 Å². The summed E-state index contributed by atoms with van der Waals surface area (Å²) < 4.78 is 5.87. The first kappa shape index (κ1) is 17.0. The highest BCUT2D eigenvalue weighted by molar-refractivity contribution is 6.31. The van der Waals surface area contributed by atoms with Gasteiger partial charge in [0, 0.05) is 18.3 Å². The standard InChI is InChI=1S/C16H15ClN6O2/c17-13-7-12(9-20-14(13)8-18)25-11-3-1-10(2-4-11)22-16(24)15-19-5-6-21-23-15/h5-7,9-11H,1-4H2,(H,22,24)/t10-,11-. The molecule has 0 unspecified atom stereocenters. The fourth-order valence-electron chi connectivity index (χ4n) is 2.69. The van der Waals surface area contributed by atoms with Gasteiger partial charge in [-0.3, -0.25) is 4.79 Å². The lowest BCUT2D eigenvalue weighted by atomic mass is 9.93. The SMILES string of the molecule is N#Cc1ncc(O[C@H]2CC[C@H](NC(=O)c3nccnn3)CC2)cc1Cl. The molecule has 1 aliphatic rings. The molecule has 0 atom stereocenters. The number of ether oxygens (including phenoxy) is 1. The first-order valence-electron chi connectivity index (χ1n) is 7.82. The van der Waals surface area contributed by atoms with E-state index in [1.165, 1.54) is 18.6 Å². The van der Waals surface area contributed by atoms with Crippen LogP contribution in [0.5, 0.6) is 5.75 Å². The first-order valence-corrected chi connectivity index (χ1v) is 8.20. The fraction of sp³-hybridized carbons (Fsp3) is 0.375. The predicted molar refractivity (Wildman–Crippen MR) is 87.9 cm³/mol. The monoisotopic (exact) mass is 358 g/mol. The number of rotatable bonds is 4. The summed E-state index contributed by atoms with van der Waals surface area (Å²) >= 11 is 5.96. The molecule has 0 spiro atoms. The van der Waals surface area contributed by atoms with Crippen LogP contribution < -0.4 is 10.1 Å². The molecule has 1 saturated carbocycles. The van der Waals surface area contributed by atoms with Crippen LogP contribution in [-0.4, -0.2) is 38.2 Å². The van der Waals surface area contributed by atoms with E-state index in [-0.39, 0.29) is 34.6 Å². The van der Waals surface area contributed by atoms with E-state index in [4.69, 9.17) is 21.6 Å². The van der Waals surface area contributed by atoms with E-state index < -0.39 is 0 Å². The van der Waals surface area contributed by atoms with E-state index in [9.17, 15) is 4.79 Å². The number of amides is 1. The minimum atomic E-state index is -0.319. The molecular formula is C16H15ClN6O2. The molecule has 0 aliphatic heterocycles. The van der Waals surface area contributed by atoms with Crippen molar-refractivity contribution in [2.24, 2.45) is 0 Å². The van der Waals surface area contributed by atoms with Gasteiger partial charge in [0.25, 0.3) is 5.91 Å². The predicted octanol–water partition coefficient (Wildman–Crippen LogP) is 1.91. The number of carbonyl (C=O) groups excluding carboxylic acids is 1. The average molecular weight is 359 g/mol. The smallest absolute Gasteiger partial charge is 0.291 e. The van der Waals surface area contributed by atoms with Crippen LogP contribution in [0.4, 0.5) is 0 Å². The van der Waals surface area contributed by atoms with Crippen LogP contribution >= 0.6 is 11.6 Å². The Morgan fingerprint density at radius 3 is 2.72 bits per heavy atom. The molecule has 2 heterocycles. The second kappa shape index (κ2) is 7.85. The number of hydrogen-bond donors (Lipinski definition) is 1. The summed E-state index contributed by atoms with van der Waals surface area (Å²) in [6, 6.07) is 3.56. The van der Waals surface area contributed by atoms with Crippen molar-refractivity contribution in [3.63, 3.8) is 0 Å². The van der Waals surface area contributed by atoms with Crippen molar-refractivity contribution >= 4 is 17.5 Å². The summed E-state index contributed by atoms with van der Waals surface area (Å²) in [6.45, 7) is 0. The minimum Gasteiger partial charge on any atom is -0.489 e. The number of aromatic nitrogens is 4. The van der Waals surface area contributed by atoms with Gasteiger partial charge < -0.3 is 10.1 Å². The summed E-state index contributed by atoms with van der Waals surface area (Å²) in [6.07, 6.45) is 7.52. The highest BCUT2D eigenvalue weighted by Crippen LogP contribution is 2.26. The number of halogens is 1. The molecule has 1 fully saturated rings. The van der Waals surface area contributed by atoms with Crippen LogP contribution in [0, 0.1) is 11.3 Å². The van der Waals surface area contributed by atoms with E-state index in [0.29, 0.717) is 5.75 Å². The number of pyridine rings is 1. The van der Waals surface area contributed by atoms with Gasteiger partial charge in [-0.1, -0.05) is 11.6 Å². The van der Waals surface area contributed by atoms with Gasteiger partial charge in [-0.15, -0.1) is 5.10 Å². The van der Waals surface area contributed by atoms with Gasteiger partial charge in [0.1, 0.15) is 11.8 Å². The van der Waals surface area contributed by atoms with Crippen molar-refractivity contribution in [3.05, 3.63) is 41.2 Å². The van der Waals surface area contributed by atoms with E-state index >= 15 is 0 Å². The summed E-state index contributed by atoms with van der Waals surface area (Å²) in [5.41, 5.74) is 0.179. The molecule has 25 heavy (non-hydrogen) atoms. The van der Waals surface area contributed by atoms with E-state index in [2.05, 4.69) is 25.5 Å². The molecule has 0 radical (unpaired) electrons. The van der Waals surface area contributed by atoms with Crippen molar-refractivity contribution in [2.75, 3.05) is 0 Å². The molecule has 128 valence electrons. The highest BCUT2D eigenvalue weighted by Gasteiger charge is 2.25. The van der Waals surface area contributed by atoms with Crippen LogP contribution in [0.3, 0.4) is 0 Å². The molecular weight excluding hydrogens is 344 g/mol. The summed E-state index contributed by atoms with van der Waals surface area (Å²) in [7, 11) is 0. The number of nitriles is 1. The summed E-state index contributed by atoms with van der Waals surface area (Å²) in [5.74, 6) is 0.292. The van der Waals surface area contributed by atoms with Crippen LogP contribution in [0.1, 0.15) is 42.0 Å². The molecule has 0 saturated heterocycles. The third kappa shape index (κ3) is 4.39. The van der Waals surface area contributed by atoms with Crippen LogP contribution in [0.25, 0.3) is 0 Å². The quantitative estimate of drug-likeness (QED) is 0.887. The first-order chi connectivity index (χ1) is 12.2. The molecule has 1 aliphatic carbocycles. The normalized spacial score (nSPS) is 19.7. The Morgan fingerprint density at radius 1 is 1.28 bits per heavy atom. The van der Waals surface area contributed by atoms with Crippen LogP contribution in [-0.2, 0) is 0 Å². The third-order valence-corrected chi connectivity index (χ3v) is 4.21. The highest BCUT2D eigenvalue weighted by atomic mass is 35.5. The number of nitrogens with zero attached hydrogens (tertiary/aromatic N) is 5. The van der Waals surface area contributed by atoms with Crippen LogP contribution in [0.15, 0.2) is 24.7 Å². The maximum absolute atomic E-state index is 12.0. The molecule has 3 rings (SSSR count). The van der Waals surface area contributed by atoms with Crippen molar-refractivity contribution in [2.45, 2.75) is 37.8 Å². The lowest BCUT2D eigenvalue weighted by Crippen LogP contribution is -2.40. The summed E-state index contributed by atoms with van der Waals surface area (Å²) in [5, 5.41) is 19.4. The molecule has 8 nitrogen and oxygen atoms in total. The van der Waals surface area contributed by atoms with E-state index in [0.717, 1.165) is 25.7 Å². The molecule has 1 N–H and O–H groups in total. The zero-order valence-electron chi connectivity index (χ0n) is 13.2. The Morgan fingerprint density at radius 2 is 2.08 bits per heavy atom. The van der Waals surface area contributed by atoms with Crippen molar-refractivity contribution in [3.8, 4) is 11.8 Å². The molecule has 0 bridgehead atoms. The number of carbonyl (C=O) groups is 1. The maximum Gasteiger partial charge on any atom is 0.291 e. The van der Waals surface area contributed by atoms with Crippen molar-refractivity contribution in [1.29, 1.82) is 5.26 Å². The fourth-order valence-corrected chi connectivity index (χ4v) is 2.88. The van der Waals surface area contributed by atoms with Gasteiger partial charge in [-0.25, -0.2) is 9.97 Å². The minimum absolute atomic E-state index is 0.0218. The van der Waals surface area contributed by atoms with Gasteiger partial charge in [0.05, 0.1) is 23.5 Å². The zero-order chi connectivity index (χ0) is 17.6. The van der Waals surface area contributed by atoms with Gasteiger partial charge >= 0.3 is 0 Å². The van der Waals surface area contributed by atoms with Crippen molar-refractivity contribution < 1.29 is 9.53 Å². The lowest BCUT2D eigenvalue weighted by molar-refractivity contribution is 0.0882.